The lowest BCUT2D eigenvalue weighted by Gasteiger charge is -2.17. The van der Waals surface area contributed by atoms with Gasteiger partial charge in [0.25, 0.3) is 11.8 Å². The molecule has 156 valence electrons. The van der Waals surface area contributed by atoms with Crippen LogP contribution in [0.2, 0.25) is 10.0 Å². The van der Waals surface area contributed by atoms with Crippen LogP contribution in [0.25, 0.3) is 0 Å². The van der Waals surface area contributed by atoms with E-state index in [9.17, 15) is 9.59 Å². The van der Waals surface area contributed by atoms with Crippen LogP contribution >= 0.6 is 23.2 Å². The molecule has 2 aromatic carbocycles. The number of benzene rings is 2. The van der Waals surface area contributed by atoms with Gasteiger partial charge in [0, 0.05) is 5.02 Å². The molecule has 0 spiro atoms. The van der Waals surface area contributed by atoms with E-state index in [2.05, 4.69) is 10.9 Å². The van der Waals surface area contributed by atoms with Crippen LogP contribution in [-0.4, -0.2) is 24.5 Å². The molecule has 0 heterocycles. The van der Waals surface area contributed by atoms with Gasteiger partial charge in [-0.05, 0) is 55.2 Å². The molecule has 1 unspecified atom stereocenters. The molecule has 0 aromatic heterocycles. The molecule has 0 aliphatic rings. The van der Waals surface area contributed by atoms with Crippen molar-refractivity contribution in [3.05, 3.63) is 57.6 Å². The maximum absolute atomic E-state index is 12.1. The fourth-order valence-electron chi connectivity index (χ4n) is 2.47. The first-order chi connectivity index (χ1) is 13.7. The highest BCUT2D eigenvalue weighted by atomic mass is 35.5. The Bertz CT molecular complexity index is 887. The van der Waals surface area contributed by atoms with Crippen LogP contribution in [0.5, 0.6) is 11.5 Å². The first-order valence-electron chi connectivity index (χ1n) is 9.11. The molecule has 0 bridgehead atoms. The van der Waals surface area contributed by atoms with Gasteiger partial charge in [-0.1, -0.05) is 49.2 Å². The minimum atomic E-state index is -0.890. The van der Waals surface area contributed by atoms with E-state index in [0.717, 1.165) is 11.1 Å². The average Bonchev–Trinajstić information content (AvgIpc) is 2.66. The maximum Gasteiger partial charge on any atom is 0.279 e. The highest BCUT2D eigenvalue weighted by Gasteiger charge is 2.17. The molecule has 0 saturated carbocycles. The van der Waals surface area contributed by atoms with E-state index in [0.29, 0.717) is 16.5 Å². The molecule has 0 aliphatic carbocycles. The SMILES string of the molecule is Cc1ccc(C(C)C)c(OCC(=O)NNC(=O)C(C)Oc2ccc(Cl)cc2Cl)c1. The van der Waals surface area contributed by atoms with E-state index >= 15 is 0 Å². The Kier molecular flexibility index (Phi) is 8.17. The van der Waals surface area contributed by atoms with E-state index in [-0.39, 0.29) is 17.5 Å². The van der Waals surface area contributed by atoms with Crippen molar-refractivity contribution in [1.82, 2.24) is 10.9 Å². The van der Waals surface area contributed by atoms with Crippen LogP contribution in [0.3, 0.4) is 0 Å². The third-order valence-electron chi connectivity index (χ3n) is 4.04. The Morgan fingerprint density at radius 2 is 1.72 bits per heavy atom. The Morgan fingerprint density at radius 1 is 1.00 bits per heavy atom. The molecular formula is C21H24Cl2N2O4. The summed E-state index contributed by atoms with van der Waals surface area (Å²) >= 11 is 11.9. The second-order valence-electron chi connectivity index (χ2n) is 6.86. The summed E-state index contributed by atoms with van der Waals surface area (Å²) in [5.74, 6) is 0.185. The average molecular weight is 439 g/mol. The zero-order valence-corrected chi connectivity index (χ0v) is 18.2. The summed E-state index contributed by atoms with van der Waals surface area (Å²) in [5, 5.41) is 0.745. The van der Waals surface area contributed by atoms with E-state index in [1.807, 2.05) is 39.0 Å². The lowest BCUT2D eigenvalue weighted by molar-refractivity contribution is -0.133. The summed E-state index contributed by atoms with van der Waals surface area (Å²) in [6.07, 6.45) is -0.890. The Hall–Kier alpha value is -2.44. The highest BCUT2D eigenvalue weighted by Crippen LogP contribution is 2.28. The number of amides is 2. The Balaban J connectivity index is 1.84. The zero-order valence-electron chi connectivity index (χ0n) is 16.7. The smallest absolute Gasteiger partial charge is 0.279 e. The molecule has 6 nitrogen and oxygen atoms in total. The zero-order chi connectivity index (χ0) is 21.6. The van der Waals surface area contributed by atoms with Gasteiger partial charge in [-0.15, -0.1) is 0 Å². The standard InChI is InChI=1S/C21H24Cl2N2O4/c1-12(2)16-7-5-13(3)9-19(16)28-11-20(26)24-25-21(27)14(4)29-18-8-6-15(22)10-17(18)23/h5-10,12,14H,11H2,1-4H3,(H,24,26)(H,25,27). The van der Waals surface area contributed by atoms with Gasteiger partial charge in [0.2, 0.25) is 0 Å². The van der Waals surface area contributed by atoms with Gasteiger partial charge in [0.15, 0.2) is 12.7 Å². The largest absolute Gasteiger partial charge is 0.483 e. The summed E-state index contributed by atoms with van der Waals surface area (Å²) in [4.78, 5) is 24.2. The molecule has 8 heteroatoms. The van der Waals surface area contributed by atoms with Crippen LogP contribution in [-0.2, 0) is 9.59 Å². The van der Waals surface area contributed by atoms with E-state index in [1.54, 1.807) is 12.1 Å². The quantitative estimate of drug-likeness (QED) is 0.627. The topological polar surface area (TPSA) is 76.7 Å². The van der Waals surface area contributed by atoms with Crippen molar-refractivity contribution < 1.29 is 19.1 Å². The van der Waals surface area contributed by atoms with E-state index in [1.165, 1.54) is 13.0 Å². The van der Waals surface area contributed by atoms with Crippen molar-refractivity contribution in [2.24, 2.45) is 0 Å². The van der Waals surface area contributed by atoms with Gasteiger partial charge >= 0.3 is 0 Å². The molecule has 0 aliphatic heterocycles. The Morgan fingerprint density at radius 3 is 2.38 bits per heavy atom. The molecule has 0 radical (unpaired) electrons. The summed E-state index contributed by atoms with van der Waals surface area (Å²) in [7, 11) is 0. The molecule has 0 saturated heterocycles. The normalized spacial score (nSPS) is 11.7. The number of hydrogen-bond acceptors (Lipinski definition) is 4. The molecule has 2 amide bonds. The van der Waals surface area contributed by atoms with Gasteiger partial charge in [0.1, 0.15) is 11.5 Å². The molecule has 1 atom stereocenters. The van der Waals surface area contributed by atoms with Gasteiger partial charge in [-0.2, -0.15) is 0 Å². The minimum Gasteiger partial charge on any atom is -0.483 e. The fraction of sp³-hybridized carbons (Fsp3) is 0.333. The second-order valence-corrected chi connectivity index (χ2v) is 7.70. The van der Waals surface area contributed by atoms with Gasteiger partial charge < -0.3 is 9.47 Å². The number of ether oxygens (including phenoxy) is 2. The number of rotatable bonds is 7. The summed E-state index contributed by atoms with van der Waals surface area (Å²) in [6, 6.07) is 10.5. The minimum absolute atomic E-state index is 0.234. The number of carbonyl (C=O) groups is 2. The van der Waals surface area contributed by atoms with Gasteiger partial charge in [-0.3, -0.25) is 20.4 Å². The van der Waals surface area contributed by atoms with E-state index < -0.39 is 17.9 Å². The third kappa shape index (κ3) is 6.84. The lowest BCUT2D eigenvalue weighted by Crippen LogP contribution is -2.48. The number of aryl methyl sites for hydroxylation is 1. The van der Waals surface area contributed by atoms with Gasteiger partial charge in [0.05, 0.1) is 5.02 Å². The van der Waals surface area contributed by atoms with Crippen LogP contribution in [0.4, 0.5) is 0 Å². The molecule has 2 rings (SSSR count). The maximum atomic E-state index is 12.1. The monoisotopic (exact) mass is 438 g/mol. The van der Waals surface area contributed by atoms with Crippen LogP contribution in [0.15, 0.2) is 36.4 Å². The predicted molar refractivity (Wildman–Crippen MR) is 114 cm³/mol. The van der Waals surface area contributed by atoms with Crippen molar-refractivity contribution in [3.63, 3.8) is 0 Å². The molecule has 2 aromatic rings. The number of halogens is 2. The first kappa shape index (κ1) is 22.8. The highest BCUT2D eigenvalue weighted by molar-refractivity contribution is 6.35. The number of hydrazine groups is 1. The molecule has 2 N–H and O–H groups in total. The van der Waals surface area contributed by atoms with Gasteiger partial charge in [-0.25, -0.2) is 0 Å². The predicted octanol–water partition coefficient (Wildman–Crippen LogP) is 4.42. The van der Waals surface area contributed by atoms with Crippen LogP contribution < -0.4 is 20.3 Å². The van der Waals surface area contributed by atoms with Crippen molar-refractivity contribution in [1.29, 1.82) is 0 Å². The Labute approximate surface area is 180 Å². The first-order valence-corrected chi connectivity index (χ1v) is 9.86. The van der Waals surface area contributed by atoms with Crippen molar-refractivity contribution in [2.45, 2.75) is 39.7 Å². The molecule has 0 fully saturated rings. The number of carbonyl (C=O) groups excluding carboxylic acids is 2. The van der Waals surface area contributed by atoms with E-state index in [4.69, 9.17) is 32.7 Å². The summed E-state index contributed by atoms with van der Waals surface area (Å²) < 4.78 is 11.1. The molecular weight excluding hydrogens is 415 g/mol. The van der Waals surface area contributed by atoms with Crippen LogP contribution in [0.1, 0.15) is 37.8 Å². The molecule has 29 heavy (non-hydrogen) atoms. The van der Waals surface area contributed by atoms with Crippen molar-refractivity contribution in [3.8, 4) is 11.5 Å². The second kappa shape index (κ2) is 10.4. The summed E-state index contributed by atoms with van der Waals surface area (Å²) in [5.41, 5.74) is 6.66. The number of hydrogen-bond donors (Lipinski definition) is 2. The lowest BCUT2D eigenvalue weighted by atomic mass is 10.0. The number of nitrogens with one attached hydrogen (secondary N) is 2. The summed E-state index contributed by atoms with van der Waals surface area (Å²) in [6.45, 7) is 7.34. The van der Waals surface area contributed by atoms with Crippen molar-refractivity contribution in [2.75, 3.05) is 6.61 Å². The van der Waals surface area contributed by atoms with Crippen molar-refractivity contribution >= 4 is 35.0 Å². The van der Waals surface area contributed by atoms with Crippen LogP contribution in [0, 0.1) is 6.92 Å². The third-order valence-corrected chi connectivity index (χ3v) is 4.57. The fourth-order valence-corrected chi connectivity index (χ4v) is 2.92.